The number of sulfone groups is 1. The summed E-state index contributed by atoms with van der Waals surface area (Å²) in [6.07, 6.45) is 0.832. The zero-order valence-corrected chi connectivity index (χ0v) is 16.3. The molecule has 1 aliphatic heterocycles. The van der Waals surface area contributed by atoms with Crippen LogP contribution in [0.25, 0.3) is 0 Å². The summed E-state index contributed by atoms with van der Waals surface area (Å²) in [4.78, 5) is 5.00. The summed E-state index contributed by atoms with van der Waals surface area (Å²) in [5.41, 5.74) is 3.88. The van der Waals surface area contributed by atoms with Crippen molar-refractivity contribution < 1.29 is 17.9 Å². The van der Waals surface area contributed by atoms with Gasteiger partial charge in [0.25, 0.3) is 0 Å². The van der Waals surface area contributed by atoms with Gasteiger partial charge in [-0.15, -0.1) is 0 Å². The fraction of sp³-hybridized carbons (Fsp3) is 0.350. The van der Waals surface area contributed by atoms with Crippen molar-refractivity contribution in [2.75, 3.05) is 20.8 Å². The number of hydrogen-bond acceptors (Lipinski definition) is 5. The molecule has 0 fully saturated rings. The topological polar surface area (TPSA) is 65.0 Å². The van der Waals surface area contributed by atoms with E-state index in [1.54, 1.807) is 40.2 Å². The van der Waals surface area contributed by atoms with Crippen molar-refractivity contribution in [1.29, 1.82) is 0 Å². The molecule has 1 heterocycles. The third-order valence-corrected chi connectivity index (χ3v) is 6.76. The van der Waals surface area contributed by atoms with Gasteiger partial charge in [-0.25, -0.2) is 8.42 Å². The first-order valence-corrected chi connectivity index (χ1v) is 10.1. The van der Waals surface area contributed by atoms with E-state index in [4.69, 9.17) is 9.47 Å². The first-order valence-electron chi connectivity index (χ1n) is 8.52. The summed E-state index contributed by atoms with van der Waals surface area (Å²) < 4.78 is 35.4. The lowest BCUT2D eigenvalue weighted by Crippen LogP contribution is -2.16. The van der Waals surface area contributed by atoms with Crippen molar-refractivity contribution in [2.45, 2.75) is 30.4 Å². The Labute approximate surface area is 154 Å². The van der Waals surface area contributed by atoms with Crippen LogP contribution >= 0.6 is 0 Å². The Bertz CT molecular complexity index is 945. The molecule has 1 aliphatic rings. The number of benzene rings is 2. The molecule has 0 unspecified atom stereocenters. The molecule has 0 spiro atoms. The van der Waals surface area contributed by atoms with Crippen LogP contribution in [0.5, 0.6) is 11.5 Å². The molecule has 5 nitrogen and oxygen atoms in total. The minimum absolute atomic E-state index is 0.334. The van der Waals surface area contributed by atoms with Gasteiger partial charge in [-0.3, -0.25) is 4.99 Å². The van der Waals surface area contributed by atoms with Gasteiger partial charge in [0.15, 0.2) is 21.3 Å². The molecule has 0 aliphatic carbocycles. The Morgan fingerprint density at radius 2 is 1.62 bits per heavy atom. The SMILES string of the molecule is COc1cc2c(cc1OC)C(c1ccc(S(=O)(=O)C(C)C)cc1)=NCC2. The van der Waals surface area contributed by atoms with Gasteiger partial charge in [-0.1, -0.05) is 12.1 Å². The maximum absolute atomic E-state index is 12.3. The number of hydrogen-bond donors (Lipinski definition) is 0. The Morgan fingerprint density at radius 3 is 2.19 bits per heavy atom. The second kappa shape index (κ2) is 7.11. The summed E-state index contributed by atoms with van der Waals surface area (Å²) in [6.45, 7) is 4.05. The summed E-state index contributed by atoms with van der Waals surface area (Å²) in [6, 6.07) is 10.9. The maximum Gasteiger partial charge on any atom is 0.180 e. The number of methoxy groups -OCH3 is 2. The van der Waals surface area contributed by atoms with E-state index >= 15 is 0 Å². The fourth-order valence-corrected chi connectivity index (χ4v) is 4.10. The van der Waals surface area contributed by atoms with E-state index in [1.165, 1.54) is 0 Å². The molecule has 0 N–H and O–H groups in total. The lowest BCUT2D eigenvalue weighted by molar-refractivity contribution is 0.354. The molecule has 138 valence electrons. The van der Waals surface area contributed by atoms with Crippen molar-refractivity contribution in [3.63, 3.8) is 0 Å². The summed E-state index contributed by atoms with van der Waals surface area (Å²) in [7, 11) is -0.0534. The molecular formula is C20H23NO4S. The molecule has 0 saturated carbocycles. The lowest BCUT2D eigenvalue weighted by Gasteiger charge is -2.20. The zero-order chi connectivity index (χ0) is 18.9. The molecule has 2 aromatic rings. The monoisotopic (exact) mass is 373 g/mol. The van der Waals surface area contributed by atoms with Gasteiger partial charge >= 0.3 is 0 Å². The molecule has 3 rings (SSSR count). The predicted octanol–water partition coefficient (Wildman–Crippen LogP) is 3.28. The van der Waals surface area contributed by atoms with Crippen LogP contribution in [-0.4, -0.2) is 40.1 Å². The van der Waals surface area contributed by atoms with Gasteiger partial charge in [0, 0.05) is 17.7 Å². The quantitative estimate of drug-likeness (QED) is 0.807. The first-order chi connectivity index (χ1) is 12.4. The second-order valence-corrected chi connectivity index (χ2v) is 8.97. The second-order valence-electron chi connectivity index (χ2n) is 6.46. The van der Waals surface area contributed by atoms with E-state index in [2.05, 4.69) is 4.99 Å². The third kappa shape index (κ3) is 3.21. The van der Waals surface area contributed by atoms with Crippen molar-refractivity contribution >= 4 is 15.5 Å². The zero-order valence-electron chi connectivity index (χ0n) is 15.4. The molecular weight excluding hydrogens is 350 g/mol. The van der Waals surface area contributed by atoms with E-state index in [1.807, 2.05) is 24.3 Å². The minimum atomic E-state index is -3.28. The van der Waals surface area contributed by atoms with Gasteiger partial charge in [0.05, 0.1) is 30.1 Å². The maximum atomic E-state index is 12.3. The van der Waals surface area contributed by atoms with Crippen LogP contribution in [0.3, 0.4) is 0 Å². The van der Waals surface area contributed by atoms with Gasteiger partial charge in [-0.2, -0.15) is 0 Å². The molecule has 0 aromatic heterocycles. The van der Waals surface area contributed by atoms with Crippen LogP contribution in [0, 0.1) is 0 Å². The van der Waals surface area contributed by atoms with Crippen LogP contribution in [0.2, 0.25) is 0 Å². The van der Waals surface area contributed by atoms with Gasteiger partial charge in [-0.05, 0) is 50.1 Å². The molecule has 0 amide bonds. The highest BCUT2D eigenvalue weighted by atomic mass is 32.2. The van der Waals surface area contributed by atoms with Crippen LogP contribution in [0.1, 0.15) is 30.5 Å². The molecule has 0 bridgehead atoms. The van der Waals surface area contributed by atoms with Gasteiger partial charge < -0.3 is 9.47 Å². The van der Waals surface area contributed by atoms with Crippen molar-refractivity contribution in [3.05, 3.63) is 53.1 Å². The molecule has 0 saturated heterocycles. The number of ether oxygens (including phenoxy) is 2. The van der Waals surface area contributed by atoms with Crippen molar-refractivity contribution in [1.82, 2.24) is 0 Å². The molecule has 6 heteroatoms. The highest BCUT2D eigenvalue weighted by Gasteiger charge is 2.22. The lowest BCUT2D eigenvalue weighted by atomic mass is 9.93. The largest absolute Gasteiger partial charge is 0.493 e. The highest BCUT2D eigenvalue weighted by Crippen LogP contribution is 2.33. The number of rotatable bonds is 5. The average molecular weight is 373 g/mol. The summed E-state index contributed by atoms with van der Waals surface area (Å²) in [5.74, 6) is 1.35. The van der Waals surface area contributed by atoms with Crippen LogP contribution in [-0.2, 0) is 16.3 Å². The van der Waals surface area contributed by atoms with E-state index in [0.717, 1.165) is 28.8 Å². The number of nitrogens with zero attached hydrogens (tertiary/aromatic N) is 1. The molecule has 2 aromatic carbocycles. The van der Waals surface area contributed by atoms with Crippen molar-refractivity contribution in [3.8, 4) is 11.5 Å². The van der Waals surface area contributed by atoms with Crippen LogP contribution < -0.4 is 9.47 Å². The Hall–Kier alpha value is -2.34. The van der Waals surface area contributed by atoms with E-state index in [9.17, 15) is 8.42 Å². The highest BCUT2D eigenvalue weighted by molar-refractivity contribution is 7.92. The third-order valence-electron chi connectivity index (χ3n) is 4.59. The molecule has 0 atom stereocenters. The Kier molecular flexibility index (Phi) is 5.05. The van der Waals surface area contributed by atoms with E-state index < -0.39 is 15.1 Å². The van der Waals surface area contributed by atoms with E-state index in [0.29, 0.717) is 22.9 Å². The van der Waals surface area contributed by atoms with E-state index in [-0.39, 0.29) is 0 Å². The number of aliphatic imine (C=N–C) groups is 1. The minimum Gasteiger partial charge on any atom is -0.493 e. The van der Waals surface area contributed by atoms with Gasteiger partial charge in [0.1, 0.15) is 0 Å². The Balaban J connectivity index is 2.03. The normalized spacial score (nSPS) is 14.0. The average Bonchev–Trinajstić information content (AvgIpc) is 2.66. The first kappa shape index (κ1) is 18.5. The van der Waals surface area contributed by atoms with Crippen LogP contribution in [0.4, 0.5) is 0 Å². The summed E-state index contributed by atoms with van der Waals surface area (Å²) >= 11 is 0. The smallest absolute Gasteiger partial charge is 0.180 e. The van der Waals surface area contributed by atoms with Crippen LogP contribution in [0.15, 0.2) is 46.3 Å². The standard InChI is InChI=1S/C20H23NO4S/c1-13(2)26(22,23)16-7-5-14(6-8-16)20-17-12-19(25-4)18(24-3)11-15(17)9-10-21-20/h5-8,11-13H,9-10H2,1-4H3. The molecule has 26 heavy (non-hydrogen) atoms. The summed E-state index contributed by atoms with van der Waals surface area (Å²) in [5, 5.41) is -0.446. The Morgan fingerprint density at radius 1 is 1.00 bits per heavy atom. The predicted molar refractivity (Wildman–Crippen MR) is 103 cm³/mol. The fourth-order valence-electron chi connectivity index (χ4n) is 3.04. The van der Waals surface area contributed by atoms with Crippen molar-refractivity contribution in [2.24, 2.45) is 4.99 Å². The molecule has 0 radical (unpaired) electrons. The van der Waals surface area contributed by atoms with Gasteiger partial charge in [0.2, 0.25) is 0 Å². The number of fused-ring (bicyclic) bond motifs is 1.